The minimum absolute atomic E-state index is 0.000455. The van der Waals surface area contributed by atoms with Crippen LogP contribution in [0.3, 0.4) is 0 Å². The number of carbonyl (C=O) groups excluding carboxylic acids is 1. The van der Waals surface area contributed by atoms with E-state index < -0.39 is 0 Å². The second-order valence-corrected chi connectivity index (χ2v) is 3.97. The minimum Gasteiger partial charge on any atom is -0.469 e. The Morgan fingerprint density at radius 1 is 1.38 bits per heavy atom. The zero-order valence-corrected chi connectivity index (χ0v) is 8.71. The molecule has 0 aliphatic heterocycles. The van der Waals surface area contributed by atoms with Crippen LogP contribution in [-0.2, 0) is 9.53 Å². The Kier molecular flexibility index (Phi) is 4.26. The maximum Gasteiger partial charge on any atom is 0.308 e. The van der Waals surface area contributed by atoms with Gasteiger partial charge in [0, 0.05) is 0 Å². The van der Waals surface area contributed by atoms with Gasteiger partial charge in [-0.15, -0.1) is 0 Å². The van der Waals surface area contributed by atoms with E-state index in [4.69, 9.17) is 4.74 Å². The summed E-state index contributed by atoms with van der Waals surface area (Å²) in [4.78, 5) is 11.1. The van der Waals surface area contributed by atoms with Gasteiger partial charge in [0.15, 0.2) is 0 Å². The second-order valence-electron chi connectivity index (χ2n) is 3.97. The molecule has 1 rings (SSSR count). The van der Waals surface area contributed by atoms with Crippen LogP contribution in [0.2, 0.25) is 0 Å². The van der Waals surface area contributed by atoms with Crippen molar-refractivity contribution in [3.8, 4) is 0 Å². The molecule has 0 aromatic heterocycles. The molecule has 0 aromatic rings. The molecule has 0 aromatic carbocycles. The van der Waals surface area contributed by atoms with Gasteiger partial charge in [0.2, 0.25) is 0 Å². The first-order valence-corrected chi connectivity index (χ1v) is 5.37. The zero-order chi connectivity index (χ0) is 9.68. The highest BCUT2D eigenvalue weighted by Gasteiger charge is 2.42. The highest BCUT2D eigenvalue weighted by molar-refractivity contribution is 5.75. The number of carbonyl (C=O) groups is 1. The highest BCUT2D eigenvalue weighted by atomic mass is 16.5. The summed E-state index contributed by atoms with van der Waals surface area (Å²) in [6, 6.07) is 0. The van der Waals surface area contributed by atoms with Gasteiger partial charge in [-0.25, -0.2) is 0 Å². The van der Waals surface area contributed by atoms with E-state index in [2.05, 4.69) is 6.92 Å². The molecule has 2 heteroatoms. The van der Waals surface area contributed by atoms with Crippen LogP contribution < -0.4 is 0 Å². The molecular formula is C11H20O2. The Balaban J connectivity index is 1.98. The van der Waals surface area contributed by atoms with Gasteiger partial charge in [-0.05, 0) is 18.8 Å². The molecule has 1 fully saturated rings. The lowest BCUT2D eigenvalue weighted by Gasteiger charge is -1.99. The number of ether oxygens (including phenoxy) is 1. The predicted molar refractivity (Wildman–Crippen MR) is 52.4 cm³/mol. The molecule has 13 heavy (non-hydrogen) atoms. The first kappa shape index (κ1) is 10.6. The molecule has 1 aliphatic carbocycles. The number of methoxy groups -OCH3 is 1. The third-order valence-electron chi connectivity index (χ3n) is 2.85. The molecule has 1 saturated carbocycles. The third-order valence-corrected chi connectivity index (χ3v) is 2.85. The third kappa shape index (κ3) is 3.37. The first-order valence-electron chi connectivity index (χ1n) is 5.37. The van der Waals surface area contributed by atoms with E-state index in [9.17, 15) is 4.79 Å². The monoisotopic (exact) mass is 184 g/mol. The number of hydrogen-bond donors (Lipinski definition) is 0. The van der Waals surface area contributed by atoms with Crippen LogP contribution in [0.15, 0.2) is 0 Å². The molecule has 0 bridgehead atoms. The van der Waals surface area contributed by atoms with Crippen LogP contribution >= 0.6 is 0 Å². The molecule has 0 N–H and O–H groups in total. The van der Waals surface area contributed by atoms with Gasteiger partial charge in [0.1, 0.15) is 0 Å². The normalized spacial score (nSPS) is 25.7. The van der Waals surface area contributed by atoms with Gasteiger partial charge >= 0.3 is 5.97 Å². The Morgan fingerprint density at radius 2 is 2.15 bits per heavy atom. The van der Waals surface area contributed by atoms with Crippen molar-refractivity contribution in [2.24, 2.45) is 11.8 Å². The van der Waals surface area contributed by atoms with Gasteiger partial charge in [-0.1, -0.05) is 32.6 Å². The summed E-state index contributed by atoms with van der Waals surface area (Å²) in [5, 5.41) is 0. The standard InChI is InChI=1S/C11H20O2/c1-3-4-5-6-7-9-8-10(9)11(12)13-2/h9-10H,3-8H2,1-2H3. The first-order chi connectivity index (χ1) is 6.29. The fourth-order valence-electron chi connectivity index (χ4n) is 1.84. The van der Waals surface area contributed by atoms with Crippen LogP contribution in [0.25, 0.3) is 0 Å². The van der Waals surface area contributed by atoms with Crippen molar-refractivity contribution in [3.63, 3.8) is 0 Å². The lowest BCUT2D eigenvalue weighted by molar-refractivity contribution is -0.142. The molecule has 1 aliphatic rings. The second kappa shape index (κ2) is 5.25. The summed E-state index contributed by atoms with van der Waals surface area (Å²) in [7, 11) is 1.48. The summed E-state index contributed by atoms with van der Waals surface area (Å²) in [6.45, 7) is 2.22. The van der Waals surface area contributed by atoms with Gasteiger partial charge in [0.25, 0.3) is 0 Å². The maximum absolute atomic E-state index is 11.1. The zero-order valence-electron chi connectivity index (χ0n) is 8.71. The van der Waals surface area contributed by atoms with E-state index in [1.54, 1.807) is 0 Å². The Hall–Kier alpha value is -0.530. The fraction of sp³-hybridized carbons (Fsp3) is 0.909. The van der Waals surface area contributed by atoms with Crippen LogP contribution in [0.1, 0.15) is 45.4 Å². The van der Waals surface area contributed by atoms with E-state index in [1.165, 1.54) is 39.2 Å². The van der Waals surface area contributed by atoms with Gasteiger partial charge < -0.3 is 4.74 Å². The molecule has 0 radical (unpaired) electrons. The minimum atomic E-state index is 0.000455. The van der Waals surface area contributed by atoms with Gasteiger partial charge in [-0.3, -0.25) is 4.79 Å². The Morgan fingerprint density at radius 3 is 2.77 bits per heavy atom. The average molecular weight is 184 g/mol. The molecular weight excluding hydrogens is 164 g/mol. The topological polar surface area (TPSA) is 26.3 Å². The molecule has 0 saturated heterocycles. The van der Waals surface area contributed by atoms with Crippen molar-refractivity contribution in [1.82, 2.24) is 0 Å². The Bertz CT molecular complexity index is 165. The fourth-order valence-corrected chi connectivity index (χ4v) is 1.84. The van der Waals surface area contributed by atoms with Crippen molar-refractivity contribution >= 4 is 5.97 Å². The lowest BCUT2D eigenvalue weighted by atomic mass is 10.1. The predicted octanol–water partition coefficient (Wildman–Crippen LogP) is 2.77. The van der Waals surface area contributed by atoms with E-state index >= 15 is 0 Å². The van der Waals surface area contributed by atoms with Crippen molar-refractivity contribution in [2.75, 3.05) is 7.11 Å². The van der Waals surface area contributed by atoms with E-state index in [-0.39, 0.29) is 11.9 Å². The Labute approximate surface area is 80.7 Å². The number of rotatable bonds is 6. The molecule has 76 valence electrons. The van der Waals surface area contributed by atoms with Crippen molar-refractivity contribution in [1.29, 1.82) is 0 Å². The van der Waals surface area contributed by atoms with Gasteiger partial charge in [0.05, 0.1) is 13.0 Å². The summed E-state index contributed by atoms with van der Waals surface area (Å²) in [6.07, 6.45) is 7.51. The van der Waals surface area contributed by atoms with Crippen molar-refractivity contribution < 1.29 is 9.53 Å². The largest absolute Gasteiger partial charge is 0.469 e. The van der Waals surface area contributed by atoms with Crippen LogP contribution in [0, 0.1) is 11.8 Å². The molecule has 2 nitrogen and oxygen atoms in total. The maximum atomic E-state index is 11.1. The summed E-state index contributed by atoms with van der Waals surface area (Å²) in [5.41, 5.74) is 0. The molecule has 2 atom stereocenters. The molecule has 0 amide bonds. The molecule has 2 unspecified atom stereocenters. The van der Waals surface area contributed by atoms with Crippen LogP contribution in [0.5, 0.6) is 0 Å². The van der Waals surface area contributed by atoms with Crippen LogP contribution in [-0.4, -0.2) is 13.1 Å². The van der Waals surface area contributed by atoms with Crippen molar-refractivity contribution in [2.45, 2.75) is 45.4 Å². The summed E-state index contributed by atoms with van der Waals surface area (Å²) >= 11 is 0. The quantitative estimate of drug-likeness (QED) is 0.468. The summed E-state index contributed by atoms with van der Waals surface area (Å²) < 4.78 is 4.69. The number of esters is 1. The van der Waals surface area contributed by atoms with E-state index in [0.29, 0.717) is 5.92 Å². The number of unbranched alkanes of at least 4 members (excludes halogenated alkanes) is 3. The van der Waals surface area contributed by atoms with E-state index in [1.807, 2.05) is 0 Å². The lowest BCUT2D eigenvalue weighted by Crippen LogP contribution is -2.04. The highest BCUT2D eigenvalue weighted by Crippen LogP contribution is 2.43. The SMILES string of the molecule is CCCCCCC1CC1C(=O)OC. The summed E-state index contributed by atoms with van der Waals surface area (Å²) in [5.74, 6) is 0.886. The van der Waals surface area contributed by atoms with Gasteiger partial charge in [-0.2, -0.15) is 0 Å². The van der Waals surface area contributed by atoms with Crippen LogP contribution in [0.4, 0.5) is 0 Å². The van der Waals surface area contributed by atoms with Crippen molar-refractivity contribution in [3.05, 3.63) is 0 Å². The van der Waals surface area contributed by atoms with E-state index in [0.717, 1.165) is 6.42 Å². The molecule has 0 heterocycles. The number of hydrogen-bond acceptors (Lipinski definition) is 2. The molecule has 0 spiro atoms. The average Bonchev–Trinajstić information content (AvgIpc) is 2.91. The smallest absolute Gasteiger partial charge is 0.308 e.